The second-order valence-electron chi connectivity index (χ2n) is 5.86. The van der Waals surface area contributed by atoms with Gasteiger partial charge in [0.25, 0.3) is 5.56 Å². The number of nitrogens with one attached hydrogen (secondary N) is 3. The van der Waals surface area contributed by atoms with Gasteiger partial charge in [0.05, 0.1) is 22.8 Å². The van der Waals surface area contributed by atoms with Gasteiger partial charge in [0.15, 0.2) is 5.65 Å². The number of anilines is 2. The first-order chi connectivity index (χ1) is 13.1. The normalized spacial score (nSPS) is 11.1. The topological polar surface area (TPSA) is 99.4 Å². The van der Waals surface area contributed by atoms with Crippen molar-refractivity contribution >= 4 is 34.1 Å². The first-order valence-electron chi connectivity index (χ1n) is 8.19. The van der Waals surface area contributed by atoms with Crippen molar-refractivity contribution in [3.63, 3.8) is 0 Å². The van der Waals surface area contributed by atoms with Gasteiger partial charge in [0, 0.05) is 16.3 Å². The maximum atomic E-state index is 14.3. The number of pyridine rings is 1. The van der Waals surface area contributed by atoms with Gasteiger partial charge in [-0.05, 0) is 30.7 Å². The molecule has 3 heterocycles. The molecule has 0 aliphatic rings. The Labute approximate surface area is 157 Å². The van der Waals surface area contributed by atoms with Crippen LogP contribution in [0.2, 0.25) is 5.02 Å². The van der Waals surface area contributed by atoms with Crippen LogP contribution in [0, 0.1) is 5.82 Å². The Bertz CT molecular complexity index is 1200. The number of halogens is 2. The van der Waals surface area contributed by atoms with E-state index < -0.39 is 11.4 Å². The van der Waals surface area contributed by atoms with Crippen LogP contribution in [0.1, 0.15) is 12.6 Å². The van der Waals surface area contributed by atoms with Gasteiger partial charge in [-0.2, -0.15) is 5.10 Å². The van der Waals surface area contributed by atoms with Crippen molar-refractivity contribution in [2.45, 2.75) is 13.3 Å². The molecule has 0 atom stereocenters. The number of nitrogens with zero attached hydrogens (tertiary/aromatic N) is 3. The van der Waals surface area contributed by atoms with Gasteiger partial charge in [-0.25, -0.2) is 14.4 Å². The van der Waals surface area contributed by atoms with Crippen LogP contribution in [-0.2, 0) is 6.42 Å². The zero-order valence-corrected chi connectivity index (χ0v) is 14.9. The standard InChI is InChI=1S/C18H14ClFN6O/c1-2-14-15(24-16-12-7-23-26-17(12)22-8-21-16)6-11(18(27)25-14)10-5-9(19)3-4-13(10)20/h3-8H,2H2,1H3,(H,25,27)(H2,21,22,23,24,26). The molecule has 0 aliphatic carbocycles. The summed E-state index contributed by atoms with van der Waals surface area (Å²) in [7, 11) is 0. The van der Waals surface area contributed by atoms with Crippen molar-refractivity contribution < 1.29 is 4.39 Å². The summed E-state index contributed by atoms with van der Waals surface area (Å²) in [5, 5.41) is 11.0. The molecule has 0 fully saturated rings. The molecule has 4 rings (SSSR count). The highest BCUT2D eigenvalue weighted by atomic mass is 35.5. The number of rotatable bonds is 4. The Hall–Kier alpha value is -3.26. The lowest BCUT2D eigenvalue weighted by atomic mass is 10.0. The van der Waals surface area contributed by atoms with Crippen molar-refractivity contribution in [2.75, 3.05) is 5.32 Å². The van der Waals surface area contributed by atoms with Gasteiger partial charge in [0.1, 0.15) is 18.0 Å². The third kappa shape index (κ3) is 3.15. The molecule has 0 unspecified atom stereocenters. The van der Waals surface area contributed by atoms with Crippen LogP contribution in [0.25, 0.3) is 22.2 Å². The fraction of sp³-hybridized carbons (Fsp3) is 0.111. The molecule has 27 heavy (non-hydrogen) atoms. The van der Waals surface area contributed by atoms with Crippen LogP contribution in [0.5, 0.6) is 0 Å². The van der Waals surface area contributed by atoms with Crippen LogP contribution >= 0.6 is 11.6 Å². The molecule has 0 saturated heterocycles. The molecule has 0 aliphatic heterocycles. The van der Waals surface area contributed by atoms with E-state index in [2.05, 4.69) is 30.5 Å². The van der Waals surface area contributed by atoms with Crippen LogP contribution in [0.15, 0.2) is 41.6 Å². The molecule has 9 heteroatoms. The van der Waals surface area contributed by atoms with E-state index >= 15 is 0 Å². The number of hydrogen-bond donors (Lipinski definition) is 3. The quantitative estimate of drug-likeness (QED) is 0.497. The van der Waals surface area contributed by atoms with Crippen LogP contribution in [0.3, 0.4) is 0 Å². The number of H-pyrrole nitrogens is 2. The van der Waals surface area contributed by atoms with Crippen molar-refractivity contribution in [3.05, 3.63) is 63.7 Å². The summed E-state index contributed by atoms with van der Waals surface area (Å²) in [6.07, 6.45) is 3.57. The summed E-state index contributed by atoms with van der Waals surface area (Å²) >= 11 is 5.98. The molecular weight excluding hydrogens is 371 g/mol. The lowest BCUT2D eigenvalue weighted by Crippen LogP contribution is -2.14. The molecule has 4 aromatic rings. The Balaban J connectivity index is 1.86. The lowest BCUT2D eigenvalue weighted by Gasteiger charge is -2.13. The number of fused-ring (bicyclic) bond motifs is 1. The Morgan fingerprint density at radius 3 is 2.89 bits per heavy atom. The summed E-state index contributed by atoms with van der Waals surface area (Å²) in [5.74, 6) is -0.00706. The molecule has 1 aromatic carbocycles. The zero-order chi connectivity index (χ0) is 19.0. The maximum Gasteiger partial charge on any atom is 0.256 e. The van der Waals surface area contributed by atoms with E-state index in [4.69, 9.17) is 11.6 Å². The third-order valence-corrected chi connectivity index (χ3v) is 4.43. The minimum Gasteiger partial charge on any atom is -0.338 e. The van der Waals surface area contributed by atoms with Crippen LogP contribution in [-0.4, -0.2) is 25.1 Å². The smallest absolute Gasteiger partial charge is 0.256 e. The molecule has 3 aromatic heterocycles. The lowest BCUT2D eigenvalue weighted by molar-refractivity contribution is 0.631. The fourth-order valence-electron chi connectivity index (χ4n) is 2.86. The predicted octanol–water partition coefficient (Wildman–Crippen LogP) is 3.81. The second-order valence-corrected chi connectivity index (χ2v) is 6.30. The minimum absolute atomic E-state index is 0.130. The molecule has 0 radical (unpaired) electrons. The first kappa shape index (κ1) is 17.2. The van der Waals surface area contributed by atoms with E-state index in [1.165, 1.54) is 24.5 Å². The Morgan fingerprint density at radius 2 is 2.07 bits per heavy atom. The van der Waals surface area contributed by atoms with Gasteiger partial charge < -0.3 is 10.3 Å². The maximum absolute atomic E-state index is 14.3. The van der Waals surface area contributed by atoms with Gasteiger partial charge in [-0.3, -0.25) is 9.89 Å². The van der Waals surface area contributed by atoms with E-state index in [0.29, 0.717) is 39.7 Å². The molecule has 0 saturated carbocycles. The van der Waals surface area contributed by atoms with E-state index in [0.717, 1.165) is 0 Å². The number of aryl methyl sites for hydroxylation is 1. The fourth-order valence-corrected chi connectivity index (χ4v) is 3.03. The zero-order valence-electron chi connectivity index (χ0n) is 14.2. The van der Waals surface area contributed by atoms with E-state index in [9.17, 15) is 9.18 Å². The third-order valence-electron chi connectivity index (χ3n) is 4.20. The first-order valence-corrected chi connectivity index (χ1v) is 8.57. The Morgan fingerprint density at radius 1 is 1.22 bits per heavy atom. The van der Waals surface area contributed by atoms with E-state index in [-0.39, 0.29) is 11.1 Å². The van der Waals surface area contributed by atoms with Gasteiger partial charge in [-0.1, -0.05) is 18.5 Å². The summed E-state index contributed by atoms with van der Waals surface area (Å²) in [4.78, 5) is 23.6. The molecule has 0 bridgehead atoms. The highest BCUT2D eigenvalue weighted by Gasteiger charge is 2.15. The SMILES string of the molecule is CCc1[nH]c(=O)c(-c2cc(Cl)ccc2F)cc1Nc1ncnc2[nH]ncc12. The van der Waals surface area contributed by atoms with Crippen molar-refractivity contribution in [3.8, 4) is 11.1 Å². The van der Waals surface area contributed by atoms with E-state index in [1.807, 2.05) is 6.92 Å². The number of hydrogen-bond acceptors (Lipinski definition) is 5. The van der Waals surface area contributed by atoms with Gasteiger partial charge >= 0.3 is 0 Å². The highest BCUT2D eigenvalue weighted by Crippen LogP contribution is 2.29. The van der Waals surface area contributed by atoms with Gasteiger partial charge in [-0.15, -0.1) is 0 Å². The van der Waals surface area contributed by atoms with Gasteiger partial charge in [0.2, 0.25) is 0 Å². The molecule has 7 nitrogen and oxygen atoms in total. The second kappa shape index (κ2) is 6.81. The average molecular weight is 385 g/mol. The monoisotopic (exact) mass is 384 g/mol. The number of benzene rings is 1. The summed E-state index contributed by atoms with van der Waals surface area (Å²) in [5.41, 5.74) is 1.76. The minimum atomic E-state index is -0.528. The average Bonchev–Trinajstić information content (AvgIpc) is 3.15. The van der Waals surface area contributed by atoms with Crippen molar-refractivity contribution in [1.82, 2.24) is 25.1 Å². The molecule has 3 N–H and O–H groups in total. The van der Waals surface area contributed by atoms with Crippen LogP contribution in [0.4, 0.5) is 15.9 Å². The summed E-state index contributed by atoms with van der Waals surface area (Å²) < 4.78 is 14.3. The molecule has 0 amide bonds. The van der Waals surface area contributed by atoms with Crippen molar-refractivity contribution in [2.24, 2.45) is 0 Å². The summed E-state index contributed by atoms with van der Waals surface area (Å²) in [6.45, 7) is 1.91. The van der Waals surface area contributed by atoms with Crippen molar-refractivity contribution in [1.29, 1.82) is 0 Å². The molecular formula is C18H14ClFN6O. The Kier molecular flexibility index (Phi) is 4.33. The molecule has 136 valence electrons. The molecule has 0 spiro atoms. The number of aromatic amines is 2. The summed E-state index contributed by atoms with van der Waals surface area (Å²) in [6, 6.07) is 5.69. The number of aromatic nitrogens is 5. The van der Waals surface area contributed by atoms with Crippen LogP contribution < -0.4 is 10.9 Å². The van der Waals surface area contributed by atoms with E-state index in [1.54, 1.807) is 12.3 Å². The predicted molar refractivity (Wildman–Crippen MR) is 102 cm³/mol. The highest BCUT2D eigenvalue weighted by molar-refractivity contribution is 6.30. The largest absolute Gasteiger partial charge is 0.338 e.